The molecule has 1 aromatic carbocycles. The van der Waals surface area contributed by atoms with Crippen LogP contribution < -0.4 is 14.8 Å². The fourth-order valence-corrected chi connectivity index (χ4v) is 7.14. The van der Waals surface area contributed by atoms with Crippen molar-refractivity contribution in [2.24, 2.45) is 5.92 Å². The number of rotatable bonds is 10. The van der Waals surface area contributed by atoms with E-state index in [-0.39, 0.29) is 37.6 Å². The van der Waals surface area contributed by atoms with Crippen LogP contribution in [-0.4, -0.2) is 76.6 Å². The summed E-state index contributed by atoms with van der Waals surface area (Å²) in [6.45, 7) is -0.337. The number of nitrogens with zero attached hydrogens (tertiary/aromatic N) is 1. The van der Waals surface area contributed by atoms with Crippen LogP contribution in [0.3, 0.4) is 0 Å². The van der Waals surface area contributed by atoms with Gasteiger partial charge in [0.15, 0.2) is 11.5 Å². The number of benzene rings is 1. The second-order valence-corrected chi connectivity index (χ2v) is 11.4. The van der Waals surface area contributed by atoms with Crippen LogP contribution in [0.5, 0.6) is 11.5 Å². The molecular formula is C30H42N2O7. The standard InChI is InChI=1S/C30H42N2O7/c1-38-24-15-19(17-34)14-21-26-22(30(37)31-12-13-33)16-23(27(36)29(26)39-28(21)24)32(20-8-4-5-9-20)25(35)11-10-18-6-2-3-7-18/h14-16,18,20,23,26-27,29,33-34,36H,2-13,17H2,1H3,(H,31,37)/t23-,26+,27+,29+/m1/s1. The number of aliphatic hydroxyl groups excluding tert-OH is 3. The van der Waals surface area contributed by atoms with E-state index >= 15 is 0 Å². The Labute approximate surface area is 230 Å². The smallest absolute Gasteiger partial charge is 0.247 e. The Bertz CT molecular complexity index is 1080. The van der Waals surface area contributed by atoms with E-state index in [4.69, 9.17) is 9.47 Å². The Morgan fingerprint density at radius 3 is 2.49 bits per heavy atom. The first-order valence-corrected chi connectivity index (χ1v) is 14.5. The normalized spacial score (nSPS) is 26.5. The second-order valence-electron chi connectivity index (χ2n) is 11.4. The van der Waals surface area contributed by atoms with Gasteiger partial charge < -0.3 is 35.0 Å². The van der Waals surface area contributed by atoms with E-state index in [9.17, 15) is 24.9 Å². The zero-order valence-corrected chi connectivity index (χ0v) is 22.8. The lowest BCUT2D eigenvalue weighted by atomic mass is 9.76. The van der Waals surface area contributed by atoms with Crippen LogP contribution >= 0.6 is 0 Å². The van der Waals surface area contributed by atoms with Crippen LogP contribution in [0.15, 0.2) is 23.8 Å². The average molecular weight is 543 g/mol. The number of nitrogens with one attached hydrogen (secondary N) is 1. The van der Waals surface area contributed by atoms with Gasteiger partial charge in [0.25, 0.3) is 0 Å². The van der Waals surface area contributed by atoms with Crippen molar-refractivity contribution in [2.45, 2.75) is 101 Å². The molecule has 1 aromatic rings. The van der Waals surface area contributed by atoms with E-state index in [2.05, 4.69) is 5.32 Å². The molecule has 0 saturated heterocycles. The van der Waals surface area contributed by atoms with Crippen LogP contribution in [0.4, 0.5) is 0 Å². The minimum atomic E-state index is -1.06. The molecule has 0 unspecified atom stereocenters. The topological polar surface area (TPSA) is 129 Å². The molecule has 39 heavy (non-hydrogen) atoms. The molecule has 1 aliphatic heterocycles. The molecule has 4 atom stereocenters. The van der Waals surface area contributed by atoms with Crippen LogP contribution in [0.1, 0.15) is 81.3 Å². The summed E-state index contributed by atoms with van der Waals surface area (Å²) in [7, 11) is 1.51. The summed E-state index contributed by atoms with van der Waals surface area (Å²) in [6, 6.07) is 2.77. The van der Waals surface area contributed by atoms with Gasteiger partial charge in [-0.15, -0.1) is 0 Å². The first kappa shape index (κ1) is 27.9. The van der Waals surface area contributed by atoms with Crippen molar-refractivity contribution in [1.29, 1.82) is 0 Å². The van der Waals surface area contributed by atoms with Crippen molar-refractivity contribution in [3.05, 3.63) is 34.9 Å². The zero-order chi connectivity index (χ0) is 27.5. The minimum absolute atomic E-state index is 0.00888. The first-order chi connectivity index (χ1) is 19.0. The Morgan fingerprint density at radius 2 is 1.82 bits per heavy atom. The molecule has 2 fully saturated rings. The molecule has 0 aromatic heterocycles. The summed E-state index contributed by atoms with van der Waals surface area (Å²) in [5, 5.41) is 33.8. The van der Waals surface area contributed by atoms with Gasteiger partial charge in [-0.1, -0.05) is 38.5 Å². The third-order valence-corrected chi connectivity index (χ3v) is 9.06. The molecule has 0 spiro atoms. The van der Waals surface area contributed by atoms with Gasteiger partial charge in [-0.3, -0.25) is 9.59 Å². The highest BCUT2D eigenvalue weighted by Crippen LogP contribution is 2.52. The van der Waals surface area contributed by atoms with E-state index in [1.54, 1.807) is 18.2 Å². The summed E-state index contributed by atoms with van der Waals surface area (Å²) >= 11 is 0. The van der Waals surface area contributed by atoms with Gasteiger partial charge in [-0.25, -0.2) is 0 Å². The van der Waals surface area contributed by atoms with Crippen LogP contribution in [-0.2, 0) is 16.2 Å². The lowest BCUT2D eigenvalue weighted by Crippen LogP contribution is -2.58. The second kappa shape index (κ2) is 12.3. The monoisotopic (exact) mass is 542 g/mol. The minimum Gasteiger partial charge on any atom is -0.493 e. The van der Waals surface area contributed by atoms with E-state index in [1.807, 2.05) is 4.90 Å². The number of hydrogen-bond acceptors (Lipinski definition) is 7. The van der Waals surface area contributed by atoms with E-state index in [0.717, 1.165) is 32.1 Å². The Morgan fingerprint density at radius 1 is 1.10 bits per heavy atom. The van der Waals surface area contributed by atoms with Gasteiger partial charge in [0.05, 0.1) is 32.3 Å². The SMILES string of the molecule is COc1cc(CO)cc2c1O[C@@H]1[C@@H](O)[C@H](N(C(=O)CCC3CCCC3)C3CCCC3)C=C(C(=O)NCCO)[C@H]21. The van der Waals surface area contributed by atoms with Crippen molar-refractivity contribution in [2.75, 3.05) is 20.3 Å². The molecule has 214 valence electrons. The fraction of sp³-hybridized carbons (Fsp3) is 0.667. The van der Waals surface area contributed by atoms with Crippen molar-refractivity contribution in [3.63, 3.8) is 0 Å². The molecular weight excluding hydrogens is 500 g/mol. The molecule has 9 nitrogen and oxygen atoms in total. The summed E-state index contributed by atoms with van der Waals surface area (Å²) in [6.07, 6.45) is 9.79. The van der Waals surface area contributed by atoms with Crippen molar-refractivity contribution in [1.82, 2.24) is 10.2 Å². The molecule has 0 radical (unpaired) electrons. The van der Waals surface area contributed by atoms with Crippen LogP contribution in [0, 0.1) is 5.92 Å². The maximum absolute atomic E-state index is 13.8. The summed E-state index contributed by atoms with van der Waals surface area (Å²) in [5.41, 5.74) is 1.66. The highest BCUT2D eigenvalue weighted by Gasteiger charge is 2.52. The predicted molar refractivity (Wildman–Crippen MR) is 144 cm³/mol. The fourth-order valence-electron chi connectivity index (χ4n) is 7.14. The number of methoxy groups -OCH3 is 1. The van der Waals surface area contributed by atoms with E-state index in [0.29, 0.717) is 40.5 Å². The van der Waals surface area contributed by atoms with Crippen molar-refractivity contribution >= 4 is 11.8 Å². The molecule has 2 amide bonds. The van der Waals surface area contributed by atoms with Crippen molar-refractivity contribution < 1.29 is 34.4 Å². The highest BCUT2D eigenvalue weighted by molar-refractivity contribution is 5.96. The lowest BCUT2D eigenvalue weighted by molar-refractivity contribution is -0.140. The molecule has 9 heteroatoms. The number of ether oxygens (including phenoxy) is 2. The van der Waals surface area contributed by atoms with Gasteiger partial charge in [0.2, 0.25) is 11.8 Å². The first-order valence-electron chi connectivity index (χ1n) is 14.5. The molecule has 4 aliphatic rings. The lowest BCUT2D eigenvalue weighted by Gasteiger charge is -2.43. The molecule has 4 N–H and O–H groups in total. The van der Waals surface area contributed by atoms with E-state index < -0.39 is 24.2 Å². The number of carbonyl (C=O) groups is 2. The van der Waals surface area contributed by atoms with Gasteiger partial charge in [-0.2, -0.15) is 0 Å². The number of hydrogen-bond donors (Lipinski definition) is 4. The Hall–Kier alpha value is -2.62. The third-order valence-electron chi connectivity index (χ3n) is 9.06. The average Bonchev–Trinajstić information content (AvgIpc) is 3.73. The maximum Gasteiger partial charge on any atom is 0.247 e. The highest BCUT2D eigenvalue weighted by atomic mass is 16.5. The molecule has 1 heterocycles. The van der Waals surface area contributed by atoms with Crippen LogP contribution in [0.25, 0.3) is 0 Å². The van der Waals surface area contributed by atoms with Crippen LogP contribution in [0.2, 0.25) is 0 Å². The predicted octanol–water partition coefficient (Wildman–Crippen LogP) is 2.55. The number of fused-ring (bicyclic) bond motifs is 3. The number of amides is 2. The largest absolute Gasteiger partial charge is 0.493 e. The molecule has 5 rings (SSSR count). The van der Waals surface area contributed by atoms with Gasteiger partial charge >= 0.3 is 0 Å². The Balaban J connectivity index is 1.52. The molecule has 0 bridgehead atoms. The maximum atomic E-state index is 13.8. The van der Waals surface area contributed by atoms with Gasteiger partial charge in [0.1, 0.15) is 12.2 Å². The third kappa shape index (κ3) is 5.54. The molecule has 3 aliphatic carbocycles. The summed E-state index contributed by atoms with van der Waals surface area (Å²) < 4.78 is 11.9. The van der Waals surface area contributed by atoms with Gasteiger partial charge in [-0.05, 0) is 49.0 Å². The quantitative estimate of drug-likeness (QED) is 0.358. The summed E-state index contributed by atoms with van der Waals surface area (Å²) in [4.78, 5) is 29.2. The van der Waals surface area contributed by atoms with Crippen molar-refractivity contribution in [3.8, 4) is 11.5 Å². The summed E-state index contributed by atoms with van der Waals surface area (Å²) in [5.74, 6) is 0.486. The zero-order valence-electron chi connectivity index (χ0n) is 22.8. The van der Waals surface area contributed by atoms with E-state index in [1.165, 1.54) is 32.8 Å². The number of aliphatic hydroxyl groups is 3. The Kier molecular flexibility index (Phi) is 8.79. The van der Waals surface area contributed by atoms with Gasteiger partial charge in [0, 0.05) is 30.1 Å². The molecule has 2 saturated carbocycles. The number of carbonyl (C=O) groups excluding carboxylic acids is 2.